The van der Waals surface area contributed by atoms with Gasteiger partial charge in [-0.3, -0.25) is 19.8 Å². The molecule has 0 bridgehead atoms. The number of aliphatic imine (C=N–C) groups is 1. The Balaban J connectivity index is 2.15. The number of hydrogen-bond acceptors (Lipinski definition) is 7. The van der Waals surface area contributed by atoms with E-state index in [1.54, 1.807) is 19.9 Å². The van der Waals surface area contributed by atoms with E-state index in [9.17, 15) is 19.7 Å². The zero-order valence-electron chi connectivity index (χ0n) is 14.7. The SMILES string of the molecule is C=CCOC(=O)C1=C(C)N=C2S[C@@H](C)C(=O)N2[C@H]1c1cccc([N+](=O)[O-])c1. The van der Waals surface area contributed by atoms with E-state index >= 15 is 0 Å². The number of allylic oxidation sites excluding steroid dienone is 1. The van der Waals surface area contributed by atoms with Crippen molar-refractivity contribution in [1.29, 1.82) is 0 Å². The largest absolute Gasteiger partial charge is 0.458 e. The molecule has 2 atom stereocenters. The van der Waals surface area contributed by atoms with Gasteiger partial charge in [0.2, 0.25) is 5.91 Å². The third kappa shape index (κ3) is 3.37. The van der Waals surface area contributed by atoms with Crippen LogP contribution in [0.1, 0.15) is 25.5 Å². The Morgan fingerprint density at radius 1 is 1.52 bits per heavy atom. The fourth-order valence-corrected chi connectivity index (χ4v) is 4.03. The summed E-state index contributed by atoms with van der Waals surface area (Å²) in [5.74, 6) is -0.846. The van der Waals surface area contributed by atoms with Crippen molar-refractivity contribution in [2.24, 2.45) is 4.99 Å². The van der Waals surface area contributed by atoms with E-state index < -0.39 is 16.9 Å². The van der Waals surface area contributed by atoms with E-state index in [1.807, 2.05) is 0 Å². The summed E-state index contributed by atoms with van der Waals surface area (Å²) in [5.41, 5.74) is 0.926. The quantitative estimate of drug-likeness (QED) is 0.333. The molecule has 0 unspecified atom stereocenters. The van der Waals surface area contributed by atoms with Crippen LogP contribution in [0.15, 0.2) is 53.2 Å². The molecule has 0 aromatic heterocycles. The predicted octanol–water partition coefficient (Wildman–Crippen LogP) is 2.97. The number of amides is 1. The Morgan fingerprint density at radius 2 is 2.26 bits per heavy atom. The molecular weight excluding hydrogens is 370 g/mol. The van der Waals surface area contributed by atoms with Crippen LogP contribution in [0.2, 0.25) is 0 Å². The monoisotopic (exact) mass is 387 g/mol. The van der Waals surface area contributed by atoms with Crippen LogP contribution in [0.4, 0.5) is 5.69 Å². The molecule has 1 aromatic rings. The van der Waals surface area contributed by atoms with Gasteiger partial charge >= 0.3 is 5.97 Å². The number of nitrogens with zero attached hydrogens (tertiary/aromatic N) is 3. The lowest BCUT2D eigenvalue weighted by Crippen LogP contribution is -2.40. The number of fused-ring (bicyclic) bond motifs is 1. The Morgan fingerprint density at radius 3 is 2.93 bits per heavy atom. The molecule has 1 aromatic carbocycles. The average Bonchev–Trinajstić information content (AvgIpc) is 2.92. The summed E-state index contributed by atoms with van der Waals surface area (Å²) < 4.78 is 5.18. The Bertz CT molecular complexity index is 908. The Labute approximate surface area is 159 Å². The van der Waals surface area contributed by atoms with Crippen molar-refractivity contribution >= 4 is 34.5 Å². The molecule has 1 fully saturated rings. The van der Waals surface area contributed by atoms with E-state index in [0.717, 1.165) is 0 Å². The topological polar surface area (TPSA) is 102 Å². The first-order chi connectivity index (χ1) is 12.8. The van der Waals surface area contributed by atoms with Gasteiger partial charge in [0.05, 0.1) is 27.5 Å². The molecule has 8 nitrogen and oxygen atoms in total. The van der Waals surface area contributed by atoms with Gasteiger partial charge in [-0.1, -0.05) is 36.5 Å². The van der Waals surface area contributed by atoms with Gasteiger partial charge in [-0.15, -0.1) is 0 Å². The van der Waals surface area contributed by atoms with Crippen molar-refractivity contribution in [1.82, 2.24) is 4.90 Å². The number of thioether (sulfide) groups is 1. The predicted molar refractivity (Wildman–Crippen MR) is 101 cm³/mol. The Hall–Kier alpha value is -2.94. The van der Waals surface area contributed by atoms with E-state index in [0.29, 0.717) is 16.4 Å². The number of carbonyl (C=O) groups is 2. The summed E-state index contributed by atoms with van der Waals surface area (Å²) in [6.07, 6.45) is 1.44. The maximum absolute atomic E-state index is 12.7. The van der Waals surface area contributed by atoms with Crippen molar-refractivity contribution in [2.75, 3.05) is 6.61 Å². The minimum absolute atomic E-state index is 0.00689. The highest BCUT2D eigenvalue weighted by Crippen LogP contribution is 2.43. The van der Waals surface area contributed by atoms with Crippen LogP contribution in [-0.4, -0.2) is 38.7 Å². The summed E-state index contributed by atoms with van der Waals surface area (Å²) in [6.45, 7) is 6.94. The van der Waals surface area contributed by atoms with Gasteiger partial charge in [-0.25, -0.2) is 9.79 Å². The number of amidine groups is 1. The number of ether oxygens (including phenoxy) is 1. The van der Waals surface area contributed by atoms with Crippen molar-refractivity contribution in [3.63, 3.8) is 0 Å². The maximum atomic E-state index is 12.7. The fourth-order valence-electron chi connectivity index (χ4n) is 3.00. The lowest BCUT2D eigenvalue weighted by molar-refractivity contribution is -0.384. The minimum atomic E-state index is -0.834. The molecule has 0 radical (unpaired) electrons. The fraction of sp³-hybridized carbons (Fsp3) is 0.278. The van der Waals surface area contributed by atoms with E-state index in [-0.39, 0.29) is 29.0 Å². The summed E-state index contributed by atoms with van der Waals surface area (Å²) in [4.78, 5) is 41.9. The lowest BCUT2D eigenvalue weighted by atomic mass is 9.94. The molecule has 1 amide bonds. The molecule has 3 rings (SSSR count). The lowest BCUT2D eigenvalue weighted by Gasteiger charge is -2.32. The second-order valence-electron chi connectivity index (χ2n) is 6.00. The molecule has 1 saturated heterocycles. The van der Waals surface area contributed by atoms with Gasteiger partial charge < -0.3 is 4.74 Å². The van der Waals surface area contributed by atoms with E-state index in [1.165, 1.54) is 40.9 Å². The first kappa shape index (κ1) is 18.8. The first-order valence-corrected chi connectivity index (χ1v) is 9.04. The van der Waals surface area contributed by atoms with Crippen LogP contribution in [-0.2, 0) is 14.3 Å². The molecule has 9 heteroatoms. The molecule has 140 valence electrons. The molecule has 0 N–H and O–H groups in total. The van der Waals surface area contributed by atoms with E-state index in [2.05, 4.69) is 11.6 Å². The molecule has 0 aliphatic carbocycles. The van der Waals surface area contributed by atoms with Crippen LogP contribution < -0.4 is 0 Å². The number of carbonyl (C=O) groups excluding carboxylic acids is 2. The minimum Gasteiger partial charge on any atom is -0.458 e. The number of nitro groups is 1. The normalized spacial score (nSPS) is 21.6. The number of benzene rings is 1. The molecule has 27 heavy (non-hydrogen) atoms. The van der Waals surface area contributed by atoms with Crippen molar-refractivity contribution in [2.45, 2.75) is 25.1 Å². The second kappa shape index (κ2) is 7.36. The van der Waals surface area contributed by atoms with Crippen LogP contribution in [0.3, 0.4) is 0 Å². The van der Waals surface area contributed by atoms with Gasteiger partial charge in [0.25, 0.3) is 5.69 Å². The smallest absolute Gasteiger partial charge is 0.338 e. The Kier molecular flexibility index (Phi) is 5.13. The molecule has 2 aliphatic rings. The molecule has 2 aliphatic heterocycles. The average molecular weight is 387 g/mol. The zero-order valence-corrected chi connectivity index (χ0v) is 15.6. The number of nitro benzene ring substituents is 1. The maximum Gasteiger partial charge on any atom is 0.338 e. The first-order valence-electron chi connectivity index (χ1n) is 8.16. The summed E-state index contributed by atoms with van der Waals surface area (Å²) in [6, 6.07) is 5.06. The van der Waals surface area contributed by atoms with Gasteiger partial charge in [-0.2, -0.15) is 0 Å². The van der Waals surface area contributed by atoms with Crippen molar-refractivity contribution < 1.29 is 19.2 Å². The van der Waals surface area contributed by atoms with Gasteiger partial charge in [0.15, 0.2) is 5.17 Å². The number of esters is 1. The summed E-state index contributed by atoms with van der Waals surface area (Å²) >= 11 is 1.29. The van der Waals surface area contributed by atoms with Crippen LogP contribution >= 0.6 is 11.8 Å². The highest BCUT2D eigenvalue weighted by Gasteiger charge is 2.46. The van der Waals surface area contributed by atoms with Gasteiger partial charge in [0.1, 0.15) is 6.61 Å². The van der Waals surface area contributed by atoms with Crippen LogP contribution in [0, 0.1) is 10.1 Å². The summed E-state index contributed by atoms with van der Waals surface area (Å²) in [7, 11) is 0. The van der Waals surface area contributed by atoms with Crippen LogP contribution in [0.5, 0.6) is 0 Å². The van der Waals surface area contributed by atoms with Gasteiger partial charge in [-0.05, 0) is 19.4 Å². The van der Waals surface area contributed by atoms with E-state index in [4.69, 9.17) is 4.74 Å². The van der Waals surface area contributed by atoms with Crippen LogP contribution in [0.25, 0.3) is 0 Å². The molecule has 0 spiro atoms. The third-order valence-corrected chi connectivity index (χ3v) is 5.26. The standard InChI is InChI=1S/C18H17N3O5S/c1-4-8-26-17(23)14-10(2)19-18-20(16(22)11(3)27-18)15(14)12-6-5-7-13(9-12)21(24)25/h4-7,9,11,15H,1,8H2,2-3H3/t11-,15-/m0/s1. The summed E-state index contributed by atoms with van der Waals surface area (Å²) in [5, 5.41) is 11.3. The van der Waals surface area contributed by atoms with Gasteiger partial charge in [0, 0.05) is 12.1 Å². The number of rotatable bonds is 5. The zero-order chi connectivity index (χ0) is 19.7. The second-order valence-corrected chi connectivity index (χ2v) is 7.31. The highest BCUT2D eigenvalue weighted by molar-refractivity contribution is 8.15. The molecular formula is C18H17N3O5S. The third-order valence-electron chi connectivity index (χ3n) is 4.21. The molecule has 2 heterocycles. The highest BCUT2D eigenvalue weighted by atomic mass is 32.2. The van der Waals surface area contributed by atoms with Crippen molar-refractivity contribution in [3.05, 3.63) is 63.9 Å². The number of non-ortho nitro benzene ring substituents is 1. The molecule has 0 saturated carbocycles. The van der Waals surface area contributed by atoms with Crippen molar-refractivity contribution in [3.8, 4) is 0 Å². The number of hydrogen-bond donors (Lipinski definition) is 0.